The van der Waals surface area contributed by atoms with Crippen molar-refractivity contribution in [2.75, 3.05) is 39.4 Å². The first-order valence-electron chi connectivity index (χ1n) is 7.91. The van der Waals surface area contributed by atoms with E-state index in [0.717, 1.165) is 19.1 Å². The van der Waals surface area contributed by atoms with Crippen molar-refractivity contribution in [1.82, 2.24) is 15.5 Å². The summed E-state index contributed by atoms with van der Waals surface area (Å²) in [6.45, 7) is 3.34. The van der Waals surface area contributed by atoms with Crippen molar-refractivity contribution in [1.29, 1.82) is 0 Å². The van der Waals surface area contributed by atoms with Gasteiger partial charge in [0.1, 0.15) is 6.67 Å². The van der Waals surface area contributed by atoms with Gasteiger partial charge in [-0.15, -0.1) is 0 Å². The van der Waals surface area contributed by atoms with Gasteiger partial charge in [0.05, 0.1) is 6.54 Å². The van der Waals surface area contributed by atoms with Crippen LogP contribution in [0.3, 0.4) is 0 Å². The predicted octanol–water partition coefficient (Wildman–Crippen LogP) is 1.42. The second-order valence-electron chi connectivity index (χ2n) is 5.54. The maximum atomic E-state index is 13.4. The summed E-state index contributed by atoms with van der Waals surface area (Å²) >= 11 is 0. The van der Waals surface area contributed by atoms with Crippen LogP contribution in [0, 0.1) is 0 Å². The van der Waals surface area contributed by atoms with Crippen LogP contribution in [0.4, 0.5) is 13.2 Å². The number of allylic oxidation sites excluding steroid dienone is 2. The number of nitrogens with one attached hydrogen (secondary N) is 2. The predicted molar refractivity (Wildman–Crippen MR) is 85.5 cm³/mol. The van der Waals surface area contributed by atoms with Gasteiger partial charge in [-0.25, -0.2) is 13.2 Å². The fraction of sp³-hybridized carbons (Fsp3) is 0.625. The van der Waals surface area contributed by atoms with E-state index in [1.807, 2.05) is 0 Å². The Bertz CT molecular complexity index is 513. The highest BCUT2D eigenvalue weighted by atomic mass is 19.3. The first-order valence-corrected chi connectivity index (χ1v) is 7.91. The molecule has 0 spiro atoms. The molecule has 1 saturated heterocycles. The molecule has 2 amide bonds. The third-order valence-corrected chi connectivity index (χ3v) is 3.69. The molecule has 1 heterocycles. The van der Waals surface area contributed by atoms with Crippen LogP contribution in [0.5, 0.6) is 0 Å². The number of carbonyl (C=O) groups excluding carboxylic acids is 2. The van der Waals surface area contributed by atoms with E-state index in [1.165, 1.54) is 0 Å². The van der Waals surface area contributed by atoms with Crippen LogP contribution in [0.2, 0.25) is 0 Å². The van der Waals surface area contributed by atoms with Crippen molar-refractivity contribution in [3.8, 4) is 0 Å². The molecule has 0 aromatic carbocycles. The summed E-state index contributed by atoms with van der Waals surface area (Å²) in [6.07, 6.45) is 2.05. The van der Waals surface area contributed by atoms with Gasteiger partial charge in [0, 0.05) is 38.7 Å². The number of hydrogen-bond donors (Lipinski definition) is 2. The molecule has 0 bridgehead atoms. The zero-order valence-electron chi connectivity index (χ0n) is 14.0. The van der Waals surface area contributed by atoms with Gasteiger partial charge in [-0.2, -0.15) is 0 Å². The van der Waals surface area contributed by atoms with Crippen molar-refractivity contribution in [2.45, 2.75) is 26.2 Å². The van der Waals surface area contributed by atoms with Crippen molar-refractivity contribution in [3.05, 3.63) is 23.3 Å². The zero-order valence-corrected chi connectivity index (χ0v) is 14.0. The van der Waals surface area contributed by atoms with Crippen molar-refractivity contribution in [3.63, 3.8) is 0 Å². The number of rotatable bonds is 8. The van der Waals surface area contributed by atoms with Crippen LogP contribution in [-0.2, 0) is 9.59 Å². The van der Waals surface area contributed by atoms with Gasteiger partial charge < -0.3 is 15.5 Å². The molecule has 0 unspecified atom stereocenters. The van der Waals surface area contributed by atoms with E-state index in [4.69, 9.17) is 0 Å². The first-order chi connectivity index (χ1) is 11.3. The molecule has 136 valence electrons. The smallest absolute Gasteiger partial charge is 0.266 e. The lowest BCUT2D eigenvalue weighted by Crippen LogP contribution is -2.50. The summed E-state index contributed by atoms with van der Waals surface area (Å²) in [5, 5.41) is 5.47. The number of piperazine rings is 1. The van der Waals surface area contributed by atoms with E-state index in [9.17, 15) is 22.8 Å². The maximum absolute atomic E-state index is 13.4. The van der Waals surface area contributed by atoms with E-state index >= 15 is 0 Å². The van der Waals surface area contributed by atoms with Gasteiger partial charge in [-0.3, -0.25) is 9.59 Å². The Hall–Kier alpha value is -1.83. The van der Waals surface area contributed by atoms with Crippen LogP contribution in [0.1, 0.15) is 20.3 Å². The van der Waals surface area contributed by atoms with E-state index in [2.05, 4.69) is 10.6 Å². The molecule has 1 aliphatic rings. The Balaban J connectivity index is 2.65. The number of hydrogen-bond acceptors (Lipinski definition) is 3. The fourth-order valence-electron chi connectivity index (χ4n) is 2.32. The monoisotopic (exact) mass is 347 g/mol. The van der Waals surface area contributed by atoms with E-state index in [-0.39, 0.29) is 36.6 Å². The molecule has 5 nitrogen and oxygen atoms in total. The third kappa shape index (κ3) is 6.35. The van der Waals surface area contributed by atoms with Crippen molar-refractivity contribution < 1.29 is 22.8 Å². The molecule has 1 fully saturated rings. The average molecular weight is 347 g/mol. The quantitative estimate of drug-likeness (QED) is 0.516. The standard InChI is InChI=1S/C16H24F3N3O2/c1-3-13(16(2,18)19)10-12(4-5-17)15(24)21-7-9-22-8-6-20-11-14(22)23/h4,10,20H,3,5-9,11H2,1-2H3,(H,21,24). The SMILES string of the molecule is CCC(=CC(=CCF)C(=O)NCCN1CCNCC1=O)C(C)(F)F. The molecule has 8 heteroatoms. The molecule has 0 aromatic rings. The molecule has 0 aliphatic carbocycles. The Morgan fingerprint density at radius 1 is 1.46 bits per heavy atom. The largest absolute Gasteiger partial charge is 0.350 e. The first kappa shape index (κ1) is 20.2. The van der Waals surface area contributed by atoms with Gasteiger partial charge in [0.2, 0.25) is 5.91 Å². The second kappa shape index (κ2) is 9.46. The Labute approximate surface area is 140 Å². The Morgan fingerprint density at radius 2 is 2.17 bits per heavy atom. The molecule has 0 aromatic heterocycles. The fourth-order valence-corrected chi connectivity index (χ4v) is 2.32. The van der Waals surface area contributed by atoms with Crippen LogP contribution < -0.4 is 10.6 Å². The minimum Gasteiger partial charge on any atom is -0.350 e. The third-order valence-electron chi connectivity index (χ3n) is 3.69. The highest BCUT2D eigenvalue weighted by molar-refractivity contribution is 5.96. The lowest BCUT2D eigenvalue weighted by atomic mass is 10.0. The summed E-state index contributed by atoms with van der Waals surface area (Å²) in [5.74, 6) is -3.77. The van der Waals surface area contributed by atoms with Crippen molar-refractivity contribution >= 4 is 11.8 Å². The van der Waals surface area contributed by atoms with E-state index in [1.54, 1.807) is 11.8 Å². The van der Waals surface area contributed by atoms with Gasteiger partial charge in [-0.1, -0.05) is 6.92 Å². The van der Waals surface area contributed by atoms with Crippen LogP contribution in [0.25, 0.3) is 0 Å². The van der Waals surface area contributed by atoms with Crippen LogP contribution in [-0.4, -0.2) is 62.0 Å². The zero-order chi connectivity index (χ0) is 18.2. The topological polar surface area (TPSA) is 61.4 Å². The normalized spacial score (nSPS) is 17.2. The van der Waals surface area contributed by atoms with Crippen molar-refractivity contribution in [2.24, 2.45) is 0 Å². The van der Waals surface area contributed by atoms with E-state index in [0.29, 0.717) is 19.6 Å². The molecule has 0 saturated carbocycles. The highest BCUT2D eigenvalue weighted by Gasteiger charge is 2.26. The van der Waals surface area contributed by atoms with Gasteiger partial charge in [-0.05, 0) is 24.1 Å². The van der Waals surface area contributed by atoms with Crippen LogP contribution >= 0.6 is 0 Å². The van der Waals surface area contributed by atoms with Gasteiger partial charge >= 0.3 is 0 Å². The molecule has 1 rings (SSSR count). The Kier molecular flexibility index (Phi) is 7.97. The summed E-state index contributed by atoms with van der Waals surface area (Å²) in [6, 6.07) is 0. The average Bonchev–Trinajstić information content (AvgIpc) is 2.51. The number of halogens is 3. The summed E-state index contributed by atoms with van der Waals surface area (Å²) in [4.78, 5) is 25.3. The lowest BCUT2D eigenvalue weighted by molar-refractivity contribution is -0.132. The molecule has 24 heavy (non-hydrogen) atoms. The molecule has 1 aliphatic heterocycles. The number of amides is 2. The maximum Gasteiger partial charge on any atom is 0.266 e. The Morgan fingerprint density at radius 3 is 2.71 bits per heavy atom. The van der Waals surface area contributed by atoms with Gasteiger partial charge in [0.25, 0.3) is 11.8 Å². The minimum atomic E-state index is -3.07. The highest BCUT2D eigenvalue weighted by Crippen LogP contribution is 2.26. The number of carbonyl (C=O) groups is 2. The van der Waals surface area contributed by atoms with Crippen LogP contribution in [0.15, 0.2) is 23.3 Å². The summed E-state index contributed by atoms with van der Waals surface area (Å²) in [7, 11) is 0. The minimum absolute atomic E-state index is 0.0513. The second-order valence-corrected chi connectivity index (χ2v) is 5.54. The number of nitrogens with zero attached hydrogens (tertiary/aromatic N) is 1. The molecular weight excluding hydrogens is 323 g/mol. The number of alkyl halides is 3. The molecule has 0 atom stereocenters. The summed E-state index contributed by atoms with van der Waals surface area (Å²) in [5.41, 5.74) is -0.378. The summed E-state index contributed by atoms with van der Waals surface area (Å²) < 4.78 is 39.4. The molecule has 0 radical (unpaired) electrons. The van der Waals surface area contributed by atoms with E-state index < -0.39 is 18.5 Å². The lowest BCUT2D eigenvalue weighted by Gasteiger charge is -2.27. The molecule has 2 N–H and O–H groups in total. The molecular formula is C16H24F3N3O2. The van der Waals surface area contributed by atoms with Gasteiger partial charge in [0.15, 0.2) is 0 Å².